The predicted molar refractivity (Wildman–Crippen MR) is 315 cm³/mol. The molecule has 2 heterocycles. The number of fused-ring (bicyclic) bond motifs is 4. The second-order valence-corrected chi connectivity index (χ2v) is 18.9. The largest absolute Gasteiger partial charge is 0.497 e. The van der Waals surface area contributed by atoms with E-state index < -0.39 is 11.3 Å². The molecule has 2 aromatic heterocycles. The van der Waals surface area contributed by atoms with Crippen molar-refractivity contribution >= 4 is 94.7 Å². The van der Waals surface area contributed by atoms with Gasteiger partial charge in [-0.25, -0.2) is 9.59 Å². The van der Waals surface area contributed by atoms with Crippen molar-refractivity contribution in [2.45, 2.75) is 0 Å². The number of hydrogen-bond donors (Lipinski definition) is 0. The quantitative estimate of drug-likeness (QED) is 0.112. The number of nitrogens with zero attached hydrogens (tertiary/aromatic N) is 3. The van der Waals surface area contributed by atoms with Gasteiger partial charge in [0.05, 0.1) is 18.2 Å². The first kappa shape index (κ1) is 46.4. The Morgan fingerprint density at radius 3 is 1.00 bits per heavy atom. The number of para-hydroxylation sites is 2. The summed E-state index contributed by atoms with van der Waals surface area (Å²) in [7, 11) is 1.64. The van der Waals surface area contributed by atoms with Crippen LogP contribution in [0, 0.1) is 0 Å². The van der Waals surface area contributed by atoms with E-state index in [1.165, 1.54) is 0 Å². The van der Waals surface area contributed by atoms with E-state index in [2.05, 4.69) is 112 Å². The summed E-state index contributed by atoms with van der Waals surface area (Å²) in [5, 5.41) is 6.18. The maximum absolute atomic E-state index is 13.9. The Kier molecular flexibility index (Phi) is 11.9. The summed E-state index contributed by atoms with van der Waals surface area (Å²) in [5.74, 6) is 0.729. The number of methoxy groups -OCH3 is 1. The van der Waals surface area contributed by atoms with Crippen molar-refractivity contribution in [3.05, 3.63) is 288 Å². The number of anilines is 9. The lowest BCUT2D eigenvalue weighted by molar-refractivity contribution is 0.415. The lowest BCUT2D eigenvalue weighted by Crippen LogP contribution is -2.11. The molecule has 0 saturated carbocycles. The van der Waals surface area contributed by atoms with E-state index in [1.807, 2.05) is 170 Å². The maximum atomic E-state index is 13.9. The van der Waals surface area contributed by atoms with Crippen molar-refractivity contribution in [3.8, 4) is 28.0 Å². The average molecular weight is 998 g/mol. The van der Waals surface area contributed by atoms with Crippen molar-refractivity contribution < 1.29 is 13.6 Å². The SMILES string of the molecule is COc1ccc(N(c2ccc(-c3cc4ccc(N(c5ccccc5)c5ccc6ccccc6c5)cc4oc3=O)cc2)c2ccc(-c3cc4ccc(N(c5ccccc5)c5ccc6ccccc6c5)cc4oc3=O)cc2)cc1. The first-order valence-electron chi connectivity index (χ1n) is 25.4. The number of benzene rings is 11. The number of rotatable bonds is 12. The van der Waals surface area contributed by atoms with Gasteiger partial charge in [-0.15, -0.1) is 0 Å². The van der Waals surface area contributed by atoms with E-state index in [0.29, 0.717) is 22.3 Å². The van der Waals surface area contributed by atoms with Gasteiger partial charge in [0.1, 0.15) is 16.9 Å². The molecule has 11 aromatic carbocycles. The van der Waals surface area contributed by atoms with Crippen LogP contribution in [-0.4, -0.2) is 7.11 Å². The van der Waals surface area contributed by atoms with Gasteiger partial charge in [-0.2, -0.15) is 0 Å². The molecule has 0 spiro atoms. The number of ether oxygens (including phenoxy) is 1. The molecular formula is C69H47N3O5. The molecule has 0 saturated heterocycles. The van der Waals surface area contributed by atoms with Gasteiger partial charge in [0.25, 0.3) is 0 Å². The first-order chi connectivity index (χ1) is 37.9. The molecule has 13 rings (SSSR count). The van der Waals surface area contributed by atoms with E-state index in [4.69, 9.17) is 13.6 Å². The topological polar surface area (TPSA) is 79.4 Å². The smallest absolute Gasteiger partial charge is 0.344 e. The molecule has 0 radical (unpaired) electrons. The van der Waals surface area contributed by atoms with Crippen LogP contribution in [0.2, 0.25) is 0 Å². The van der Waals surface area contributed by atoms with E-state index >= 15 is 0 Å². The lowest BCUT2D eigenvalue weighted by Gasteiger charge is -2.26. The van der Waals surface area contributed by atoms with Gasteiger partial charge < -0.3 is 28.3 Å². The molecule has 368 valence electrons. The van der Waals surface area contributed by atoms with Crippen molar-refractivity contribution in [2.24, 2.45) is 0 Å². The molecule has 0 unspecified atom stereocenters. The zero-order chi connectivity index (χ0) is 51.8. The van der Waals surface area contributed by atoms with Gasteiger partial charge in [-0.3, -0.25) is 0 Å². The summed E-state index contributed by atoms with van der Waals surface area (Å²) in [6, 6.07) is 89.2. The van der Waals surface area contributed by atoms with Gasteiger partial charge >= 0.3 is 11.3 Å². The monoisotopic (exact) mass is 997 g/mol. The summed E-state index contributed by atoms with van der Waals surface area (Å²) in [6.45, 7) is 0. The zero-order valence-electron chi connectivity index (χ0n) is 41.8. The Bertz CT molecular complexity index is 4160. The lowest BCUT2D eigenvalue weighted by atomic mass is 10.0. The standard InChI is InChI=1S/C69H47N3O5/c1-75-63-38-36-58(37-39-63)70(56-28-22-48(23-29-56)64-42-52-26-34-61(44-66(52)76-68(64)73)71(54-16-4-2-5-17-54)59-32-20-46-12-8-10-14-50(46)40-59)57-30-24-49(25-31-57)65-43-53-27-35-62(45-67(53)77-69(65)74)72(55-18-6-3-7-19-55)60-33-21-47-13-9-11-15-51(47)41-60/h2-45H,1H3. The highest BCUT2D eigenvalue weighted by Gasteiger charge is 2.20. The minimum Gasteiger partial charge on any atom is -0.497 e. The molecule has 0 aliphatic rings. The van der Waals surface area contributed by atoms with Gasteiger partial charge in [-0.1, -0.05) is 121 Å². The molecule has 8 nitrogen and oxygen atoms in total. The fourth-order valence-electron chi connectivity index (χ4n) is 10.3. The van der Waals surface area contributed by atoms with Gasteiger partial charge in [0.15, 0.2) is 0 Å². The van der Waals surface area contributed by atoms with Crippen LogP contribution in [0.4, 0.5) is 51.2 Å². The summed E-state index contributed by atoms with van der Waals surface area (Å²) in [6.07, 6.45) is 0. The van der Waals surface area contributed by atoms with Crippen LogP contribution in [0.15, 0.2) is 285 Å². The second-order valence-electron chi connectivity index (χ2n) is 18.9. The van der Waals surface area contributed by atoms with Crippen LogP contribution < -0.4 is 30.7 Å². The first-order valence-corrected chi connectivity index (χ1v) is 25.4. The Hall–Kier alpha value is -10.4. The van der Waals surface area contributed by atoms with Gasteiger partial charge in [0, 0.05) is 74.1 Å². The van der Waals surface area contributed by atoms with E-state index in [9.17, 15) is 9.59 Å². The molecule has 0 aliphatic carbocycles. The Morgan fingerprint density at radius 1 is 0.286 bits per heavy atom. The molecule has 77 heavy (non-hydrogen) atoms. The molecule has 13 aromatic rings. The van der Waals surface area contributed by atoms with Gasteiger partial charge in [-0.05, 0) is 166 Å². The third kappa shape index (κ3) is 9.00. The Balaban J connectivity index is 0.801. The third-order valence-corrected chi connectivity index (χ3v) is 14.2. The van der Waals surface area contributed by atoms with Gasteiger partial charge in [0.2, 0.25) is 0 Å². The summed E-state index contributed by atoms with van der Waals surface area (Å²) >= 11 is 0. The molecule has 0 aliphatic heterocycles. The number of hydrogen-bond acceptors (Lipinski definition) is 8. The van der Waals surface area contributed by atoms with Crippen LogP contribution in [0.25, 0.3) is 65.7 Å². The van der Waals surface area contributed by atoms with Crippen molar-refractivity contribution in [1.29, 1.82) is 0 Å². The molecule has 0 N–H and O–H groups in total. The third-order valence-electron chi connectivity index (χ3n) is 14.2. The Morgan fingerprint density at radius 2 is 0.597 bits per heavy atom. The normalized spacial score (nSPS) is 11.3. The van der Waals surface area contributed by atoms with Crippen LogP contribution in [0.1, 0.15) is 0 Å². The summed E-state index contributed by atoms with van der Waals surface area (Å²) in [4.78, 5) is 34.3. The molecule has 0 amide bonds. The minimum absolute atomic E-state index is 0.434. The van der Waals surface area contributed by atoms with E-state index in [-0.39, 0.29) is 0 Å². The summed E-state index contributed by atoms with van der Waals surface area (Å²) in [5.41, 5.74) is 10.7. The molecule has 0 atom stereocenters. The highest BCUT2D eigenvalue weighted by Crippen LogP contribution is 2.41. The Labute approximate surface area is 443 Å². The van der Waals surface area contributed by atoms with Crippen molar-refractivity contribution in [2.75, 3.05) is 21.8 Å². The highest BCUT2D eigenvalue weighted by molar-refractivity contribution is 5.94. The molecule has 0 bridgehead atoms. The fraction of sp³-hybridized carbons (Fsp3) is 0.0145. The predicted octanol–water partition coefficient (Wildman–Crippen LogP) is 18.0. The van der Waals surface area contributed by atoms with Crippen LogP contribution in [-0.2, 0) is 0 Å². The zero-order valence-corrected chi connectivity index (χ0v) is 41.8. The van der Waals surface area contributed by atoms with Crippen LogP contribution >= 0.6 is 0 Å². The maximum Gasteiger partial charge on any atom is 0.344 e. The average Bonchev–Trinajstić information content (AvgIpc) is 3.48. The van der Waals surface area contributed by atoms with E-state index in [0.717, 1.165) is 100 Å². The summed E-state index contributed by atoms with van der Waals surface area (Å²) < 4.78 is 17.8. The van der Waals surface area contributed by atoms with E-state index in [1.54, 1.807) is 7.11 Å². The molecular weight excluding hydrogens is 951 g/mol. The fourth-order valence-corrected chi connectivity index (χ4v) is 10.3. The minimum atomic E-state index is -0.434. The highest BCUT2D eigenvalue weighted by atomic mass is 16.5. The molecule has 0 fully saturated rings. The van der Waals surface area contributed by atoms with Crippen LogP contribution in [0.5, 0.6) is 5.75 Å². The molecule has 8 heteroatoms. The second kappa shape index (κ2) is 19.8. The van der Waals surface area contributed by atoms with Crippen molar-refractivity contribution in [1.82, 2.24) is 0 Å². The van der Waals surface area contributed by atoms with Crippen molar-refractivity contribution in [3.63, 3.8) is 0 Å². The van der Waals surface area contributed by atoms with Crippen LogP contribution in [0.3, 0.4) is 0 Å².